The van der Waals surface area contributed by atoms with Gasteiger partial charge in [0.1, 0.15) is 0 Å². The Labute approximate surface area is 113 Å². The number of benzene rings is 1. The van der Waals surface area contributed by atoms with Crippen LogP contribution in [0.4, 0.5) is 0 Å². The molecule has 3 rings (SSSR count). The van der Waals surface area contributed by atoms with Crippen LogP contribution in [0, 0.1) is 16.7 Å². The van der Waals surface area contributed by atoms with Gasteiger partial charge in [0, 0.05) is 10.9 Å². The van der Waals surface area contributed by atoms with E-state index in [1.54, 1.807) is 0 Å². The van der Waals surface area contributed by atoms with E-state index < -0.39 is 0 Å². The van der Waals surface area contributed by atoms with Crippen molar-refractivity contribution >= 4 is 11.8 Å². The summed E-state index contributed by atoms with van der Waals surface area (Å²) in [6, 6.07) is 8.90. The van der Waals surface area contributed by atoms with Gasteiger partial charge in [0.2, 0.25) is 0 Å². The molecule has 1 aromatic rings. The van der Waals surface area contributed by atoms with Gasteiger partial charge in [-0.1, -0.05) is 18.6 Å². The first-order chi connectivity index (χ1) is 8.75. The summed E-state index contributed by atoms with van der Waals surface area (Å²) in [7, 11) is 0. The van der Waals surface area contributed by atoms with Crippen LogP contribution in [0.25, 0.3) is 0 Å². The van der Waals surface area contributed by atoms with Crippen molar-refractivity contribution in [3.8, 4) is 6.07 Å². The van der Waals surface area contributed by atoms with Gasteiger partial charge in [-0.05, 0) is 48.6 Å². The number of nitrogens with zero attached hydrogens (tertiary/aromatic N) is 1. The summed E-state index contributed by atoms with van der Waals surface area (Å²) < 4.78 is 0. The van der Waals surface area contributed by atoms with E-state index >= 15 is 0 Å². The monoisotopic (exact) mass is 258 g/mol. The number of rotatable bonds is 2. The van der Waals surface area contributed by atoms with Crippen LogP contribution in [0.3, 0.4) is 0 Å². The van der Waals surface area contributed by atoms with E-state index in [2.05, 4.69) is 24.3 Å². The van der Waals surface area contributed by atoms with Crippen molar-refractivity contribution in [2.75, 3.05) is 5.75 Å². The zero-order chi connectivity index (χ0) is 12.6. The van der Waals surface area contributed by atoms with Crippen molar-refractivity contribution in [1.82, 2.24) is 0 Å². The van der Waals surface area contributed by atoms with Gasteiger partial charge in [-0.25, -0.2) is 0 Å². The number of nitrogens with two attached hydrogens (primary N) is 1. The van der Waals surface area contributed by atoms with E-state index in [0.717, 1.165) is 31.2 Å². The Bertz CT molecular complexity index is 500. The molecule has 0 radical (unpaired) electrons. The summed E-state index contributed by atoms with van der Waals surface area (Å²) in [5.41, 5.74) is 8.63. The number of fused-ring (bicyclic) bond motifs is 1. The summed E-state index contributed by atoms with van der Waals surface area (Å²) >= 11 is 1.94. The lowest BCUT2D eigenvalue weighted by Crippen LogP contribution is -2.39. The smallest absolute Gasteiger partial charge is 0.0766 e. The minimum atomic E-state index is -0.296. The van der Waals surface area contributed by atoms with E-state index in [1.807, 2.05) is 11.8 Å². The predicted octanol–water partition coefficient (Wildman–Crippen LogP) is 3.42. The van der Waals surface area contributed by atoms with E-state index in [-0.39, 0.29) is 11.5 Å². The molecule has 2 nitrogen and oxygen atoms in total. The lowest BCUT2D eigenvalue weighted by molar-refractivity contribution is 0.169. The Morgan fingerprint density at radius 2 is 2.17 bits per heavy atom. The lowest BCUT2D eigenvalue weighted by Gasteiger charge is -2.40. The standard InChI is InChI=1S/C15H18N2S/c16-10-15(6-2-7-15)14(17)12-4-5-13-11(9-12)3-1-8-18-13/h4-5,9,14H,1-3,6-8,17H2. The Morgan fingerprint density at radius 3 is 2.83 bits per heavy atom. The zero-order valence-electron chi connectivity index (χ0n) is 10.5. The third-order valence-electron chi connectivity index (χ3n) is 4.36. The molecule has 1 heterocycles. The molecule has 0 amide bonds. The van der Waals surface area contributed by atoms with Crippen molar-refractivity contribution in [2.45, 2.75) is 43.0 Å². The number of hydrogen-bond acceptors (Lipinski definition) is 3. The molecule has 1 atom stereocenters. The van der Waals surface area contributed by atoms with Gasteiger partial charge in [-0.2, -0.15) is 5.26 Å². The third kappa shape index (κ3) is 1.84. The first-order valence-corrected chi connectivity index (χ1v) is 7.66. The Hall–Kier alpha value is -0.980. The van der Waals surface area contributed by atoms with Gasteiger partial charge in [0.15, 0.2) is 0 Å². The Kier molecular flexibility index (Phi) is 3.09. The highest BCUT2D eigenvalue weighted by atomic mass is 32.2. The van der Waals surface area contributed by atoms with Gasteiger partial charge in [0.25, 0.3) is 0 Å². The topological polar surface area (TPSA) is 49.8 Å². The van der Waals surface area contributed by atoms with Crippen molar-refractivity contribution in [2.24, 2.45) is 11.1 Å². The molecule has 94 valence electrons. The van der Waals surface area contributed by atoms with Gasteiger partial charge in [-0.3, -0.25) is 0 Å². The van der Waals surface area contributed by atoms with Crippen LogP contribution in [-0.4, -0.2) is 5.75 Å². The highest BCUT2D eigenvalue weighted by Crippen LogP contribution is 2.49. The molecular formula is C15H18N2S. The van der Waals surface area contributed by atoms with Gasteiger partial charge >= 0.3 is 0 Å². The highest BCUT2D eigenvalue weighted by molar-refractivity contribution is 7.99. The summed E-state index contributed by atoms with van der Waals surface area (Å²) in [5.74, 6) is 1.22. The van der Waals surface area contributed by atoms with E-state index in [0.29, 0.717) is 0 Å². The third-order valence-corrected chi connectivity index (χ3v) is 5.56. The van der Waals surface area contributed by atoms with Crippen LogP contribution in [-0.2, 0) is 6.42 Å². The first-order valence-electron chi connectivity index (χ1n) is 6.68. The molecular weight excluding hydrogens is 240 g/mol. The molecule has 0 saturated heterocycles. The molecule has 1 aromatic carbocycles. The van der Waals surface area contributed by atoms with Gasteiger partial charge in [-0.15, -0.1) is 11.8 Å². The molecule has 1 aliphatic carbocycles. The number of hydrogen-bond donors (Lipinski definition) is 1. The highest BCUT2D eigenvalue weighted by Gasteiger charge is 2.43. The van der Waals surface area contributed by atoms with Crippen molar-refractivity contribution in [3.05, 3.63) is 29.3 Å². The second-order valence-corrected chi connectivity index (χ2v) is 6.56. The minimum absolute atomic E-state index is 0.117. The largest absolute Gasteiger partial charge is 0.323 e. The molecule has 1 saturated carbocycles. The second kappa shape index (κ2) is 4.60. The summed E-state index contributed by atoms with van der Waals surface area (Å²) in [6.45, 7) is 0. The van der Waals surface area contributed by atoms with Crippen molar-refractivity contribution in [3.63, 3.8) is 0 Å². The molecule has 0 aromatic heterocycles. The fourth-order valence-electron chi connectivity index (χ4n) is 2.94. The van der Waals surface area contributed by atoms with Crippen LogP contribution < -0.4 is 5.73 Å². The van der Waals surface area contributed by atoms with Crippen LogP contribution in [0.15, 0.2) is 23.1 Å². The zero-order valence-corrected chi connectivity index (χ0v) is 11.3. The van der Waals surface area contributed by atoms with Crippen molar-refractivity contribution < 1.29 is 0 Å². The summed E-state index contributed by atoms with van der Waals surface area (Å²) in [5, 5.41) is 9.37. The number of thioether (sulfide) groups is 1. The summed E-state index contributed by atoms with van der Waals surface area (Å²) in [4.78, 5) is 1.40. The van der Waals surface area contributed by atoms with Gasteiger partial charge in [0.05, 0.1) is 11.5 Å². The quantitative estimate of drug-likeness (QED) is 0.884. The first kappa shape index (κ1) is 12.1. The maximum absolute atomic E-state index is 9.37. The molecule has 0 spiro atoms. The van der Waals surface area contributed by atoms with Crippen LogP contribution >= 0.6 is 11.8 Å². The van der Waals surface area contributed by atoms with Crippen LogP contribution in [0.5, 0.6) is 0 Å². The Balaban J connectivity index is 1.90. The van der Waals surface area contributed by atoms with Gasteiger partial charge < -0.3 is 5.73 Å². The van der Waals surface area contributed by atoms with Crippen LogP contribution in [0.2, 0.25) is 0 Å². The number of nitriles is 1. The summed E-state index contributed by atoms with van der Waals surface area (Å²) in [6.07, 6.45) is 5.46. The Morgan fingerprint density at radius 1 is 1.33 bits per heavy atom. The molecule has 1 unspecified atom stereocenters. The average Bonchev–Trinajstić information content (AvgIpc) is 2.37. The molecule has 18 heavy (non-hydrogen) atoms. The molecule has 2 aliphatic rings. The lowest BCUT2D eigenvalue weighted by atomic mass is 9.63. The predicted molar refractivity (Wildman–Crippen MR) is 74.3 cm³/mol. The van der Waals surface area contributed by atoms with Crippen LogP contribution in [0.1, 0.15) is 42.9 Å². The fourth-order valence-corrected chi connectivity index (χ4v) is 3.96. The molecule has 3 heteroatoms. The second-order valence-electron chi connectivity index (χ2n) is 5.42. The number of aryl methyl sites for hydroxylation is 1. The molecule has 1 aliphatic heterocycles. The maximum atomic E-state index is 9.37. The van der Waals surface area contributed by atoms with E-state index in [1.165, 1.54) is 22.6 Å². The SMILES string of the molecule is N#CC1(C(N)c2ccc3c(c2)CCCS3)CCC1. The molecule has 0 bridgehead atoms. The minimum Gasteiger partial charge on any atom is -0.323 e. The van der Waals surface area contributed by atoms with E-state index in [4.69, 9.17) is 5.73 Å². The van der Waals surface area contributed by atoms with E-state index in [9.17, 15) is 5.26 Å². The molecule has 1 fully saturated rings. The molecule has 2 N–H and O–H groups in total. The maximum Gasteiger partial charge on any atom is 0.0766 e. The normalized spacial score (nSPS) is 22.4. The average molecular weight is 258 g/mol. The fraction of sp³-hybridized carbons (Fsp3) is 0.533. The van der Waals surface area contributed by atoms with Crippen molar-refractivity contribution in [1.29, 1.82) is 5.26 Å².